The van der Waals surface area contributed by atoms with Crippen LogP contribution in [0.15, 0.2) is 18.3 Å². The Bertz CT molecular complexity index is 731. The SMILES string of the molecule is Cn1cccc1C(=O)N1CCCn2nnc(COCC3CC3)c2C1. The summed E-state index contributed by atoms with van der Waals surface area (Å²) in [6, 6.07) is 3.76. The molecule has 0 radical (unpaired) electrons. The molecule has 1 fully saturated rings. The average Bonchev–Trinajstić information content (AvgIpc) is 3.25. The fourth-order valence-corrected chi connectivity index (χ4v) is 3.13. The van der Waals surface area contributed by atoms with Crippen LogP contribution in [0.5, 0.6) is 0 Å². The number of carbonyl (C=O) groups is 1. The van der Waals surface area contributed by atoms with E-state index in [1.807, 2.05) is 39.5 Å². The number of nitrogens with zero attached hydrogens (tertiary/aromatic N) is 5. The molecule has 2 aromatic rings. The highest BCUT2D eigenvalue weighted by Gasteiger charge is 2.26. The maximum atomic E-state index is 12.8. The second kappa shape index (κ2) is 6.39. The molecule has 0 spiro atoms. The Hall–Kier alpha value is -2.15. The molecule has 3 heterocycles. The smallest absolute Gasteiger partial charge is 0.270 e. The molecule has 1 amide bonds. The van der Waals surface area contributed by atoms with Gasteiger partial charge in [0, 0.05) is 32.9 Å². The minimum Gasteiger partial charge on any atom is -0.375 e. The summed E-state index contributed by atoms with van der Waals surface area (Å²) in [5.41, 5.74) is 2.58. The van der Waals surface area contributed by atoms with Gasteiger partial charge in [-0.2, -0.15) is 0 Å². The fourth-order valence-electron chi connectivity index (χ4n) is 3.13. The molecule has 0 atom stereocenters. The van der Waals surface area contributed by atoms with Gasteiger partial charge in [-0.25, -0.2) is 4.68 Å². The molecule has 0 bridgehead atoms. The molecule has 7 nitrogen and oxygen atoms in total. The molecule has 2 aliphatic rings. The van der Waals surface area contributed by atoms with E-state index in [9.17, 15) is 4.79 Å². The van der Waals surface area contributed by atoms with Gasteiger partial charge in [0.15, 0.2) is 0 Å². The van der Waals surface area contributed by atoms with Crippen molar-refractivity contribution in [2.24, 2.45) is 13.0 Å². The van der Waals surface area contributed by atoms with Gasteiger partial charge in [0.05, 0.1) is 18.8 Å². The van der Waals surface area contributed by atoms with Crippen molar-refractivity contribution in [2.75, 3.05) is 13.2 Å². The van der Waals surface area contributed by atoms with Crippen molar-refractivity contribution in [2.45, 2.75) is 39.0 Å². The second-order valence-electron chi connectivity index (χ2n) is 6.75. The van der Waals surface area contributed by atoms with E-state index in [-0.39, 0.29) is 5.91 Å². The Morgan fingerprint density at radius 2 is 2.25 bits per heavy atom. The molecule has 0 aromatic carbocycles. The van der Waals surface area contributed by atoms with Gasteiger partial charge in [-0.05, 0) is 37.3 Å². The Balaban J connectivity index is 1.49. The van der Waals surface area contributed by atoms with Gasteiger partial charge in [-0.3, -0.25) is 4.79 Å². The lowest BCUT2D eigenvalue weighted by atomic mass is 10.2. The zero-order valence-electron chi connectivity index (χ0n) is 14.0. The third kappa shape index (κ3) is 3.08. The van der Waals surface area contributed by atoms with Gasteiger partial charge < -0.3 is 14.2 Å². The first-order chi connectivity index (χ1) is 11.7. The van der Waals surface area contributed by atoms with Gasteiger partial charge in [0.2, 0.25) is 0 Å². The predicted octanol–water partition coefficient (Wildman–Crippen LogP) is 1.59. The molecule has 0 unspecified atom stereocenters. The number of ether oxygens (including phenoxy) is 1. The van der Waals surface area contributed by atoms with Crippen LogP contribution in [0.3, 0.4) is 0 Å². The maximum Gasteiger partial charge on any atom is 0.270 e. The standard InChI is InChI=1S/C17H23N5O2/c1-20-7-2-4-15(20)17(23)21-8-3-9-22-16(10-21)14(18-19-22)12-24-11-13-5-6-13/h2,4,7,13H,3,5-6,8-12H2,1H3. The molecule has 2 aromatic heterocycles. The van der Waals surface area contributed by atoms with E-state index in [0.29, 0.717) is 18.8 Å². The van der Waals surface area contributed by atoms with Crippen molar-refractivity contribution in [3.8, 4) is 0 Å². The van der Waals surface area contributed by atoms with Crippen molar-refractivity contribution >= 4 is 5.91 Å². The largest absolute Gasteiger partial charge is 0.375 e. The predicted molar refractivity (Wildman–Crippen MR) is 87.2 cm³/mol. The van der Waals surface area contributed by atoms with Gasteiger partial charge in [-0.15, -0.1) is 5.10 Å². The molecular weight excluding hydrogens is 306 g/mol. The fraction of sp³-hybridized carbons (Fsp3) is 0.588. The maximum absolute atomic E-state index is 12.8. The van der Waals surface area contributed by atoms with Crippen LogP contribution in [0.25, 0.3) is 0 Å². The number of aromatic nitrogens is 4. The summed E-state index contributed by atoms with van der Waals surface area (Å²) in [5, 5.41) is 8.52. The number of amides is 1. The molecule has 1 saturated carbocycles. The van der Waals surface area contributed by atoms with E-state index >= 15 is 0 Å². The van der Waals surface area contributed by atoms with Crippen LogP contribution in [-0.2, 0) is 31.5 Å². The van der Waals surface area contributed by atoms with Crippen molar-refractivity contribution in [1.29, 1.82) is 0 Å². The second-order valence-corrected chi connectivity index (χ2v) is 6.75. The van der Waals surface area contributed by atoms with Crippen LogP contribution in [0, 0.1) is 5.92 Å². The van der Waals surface area contributed by atoms with Crippen LogP contribution in [0.1, 0.15) is 41.1 Å². The zero-order valence-corrected chi connectivity index (χ0v) is 14.0. The van der Waals surface area contributed by atoms with E-state index in [2.05, 4.69) is 10.3 Å². The molecule has 24 heavy (non-hydrogen) atoms. The number of hydrogen-bond acceptors (Lipinski definition) is 4. The lowest BCUT2D eigenvalue weighted by Gasteiger charge is -2.20. The molecule has 0 N–H and O–H groups in total. The Morgan fingerprint density at radius 1 is 1.38 bits per heavy atom. The molecule has 128 valence electrons. The first-order valence-corrected chi connectivity index (χ1v) is 8.62. The minimum atomic E-state index is 0.0574. The van der Waals surface area contributed by atoms with Gasteiger partial charge >= 0.3 is 0 Å². The summed E-state index contributed by atoms with van der Waals surface area (Å²) in [6.45, 7) is 3.35. The lowest BCUT2D eigenvalue weighted by molar-refractivity contribution is 0.0732. The van der Waals surface area contributed by atoms with Gasteiger partial charge in [0.25, 0.3) is 5.91 Å². The van der Waals surface area contributed by atoms with Gasteiger partial charge in [-0.1, -0.05) is 5.21 Å². The van der Waals surface area contributed by atoms with E-state index < -0.39 is 0 Å². The lowest BCUT2D eigenvalue weighted by Crippen LogP contribution is -2.32. The number of aryl methyl sites for hydroxylation is 2. The quantitative estimate of drug-likeness (QED) is 0.835. The number of carbonyl (C=O) groups excluding carboxylic acids is 1. The summed E-state index contributed by atoms with van der Waals surface area (Å²) in [7, 11) is 1.90. The molecule has 7 heteroatoms. The van der Waals surface area contributed by atoms with Gasteiger partial charge in [0.1, 0.15) is 11.4 Å². The average molecular weight is 329 g/mol. The molecule has 1 aliphatic carbocycles. The normalized spacial score (nSPS) is 17.6. The zero-order chi connectivity index (χ0) is 16.5. The molecule has 4 rings (SSSR count). The summed E-state index contributed by atoms with van der Waals surface area (Å²) in [6.07, 6.45) is 5.33. The molecular formula is C17H23N5O2. The summed E-state index contributed by atoms with van der Waals surface area (Å²) in [5.74, 6) is 0.789. The number of rotatable bonds is 5. The first kappa shape index (κ1) is 15.4. The Kier molecular flexibility index (Phi) is 4.10. The van der Waals surface area contributed by atoms with E-state index in [0.717, 1.165) is 43.4 Å². The third-order valence-electron chi connectivity index (χ3n) is 4.80. The van der Waals surface area contributed by atoms with Crippen molar-refractivity contribution in [3.63, 3.8) is 0 Å². The van der Waals surface area contributed by atoms with Crippen molar-refractivity contribution < 1.29 is 9.53 Å². The third-order valence-corrected chi connectivity index (χ3v) is 4.80. The molecule has 0 saturated heterocycles. The minimum absolute atomic E-state index is 0.0574. The first-order valence-electron chi connectivity index (χ1n) is 8.62. The Labute approximate surface area is 141 Å². The van der Waals surface area contributed by atoms with E-state index in [1.54, 1.807) is 0 Å². The monoisotopic (exact) mass is 329 g/mol. The summed E-state index contributed by atoms with van der Waals surface area (Å²) in [4.78, 5) is 14.7. The summed E-state index contributed by atoms with van der Waals surface area (Å²) < 4.78 is 9.56. The van der Waals surface area contributed by atoms with Crippen LogP contribution in [0.4, 0.5) is 0 Å². The molecule has 1 aliphatic heterocycles. The highest BCUT2D eigenvalue weighted by Crippen LogP contribution is 2.29. The summed E-state index contributed by atoms with van der Waals surface area (Å²) >= 11 is 0. The van der Waals surface area contributed by atoms with Crippen LogP contribution in [-0.4, -0.2) is 43.5 Å². The van der Waals surface area contributed by atoms with E-state index in [1.165, 1.54) is 12.8 Å². The Morgan fingerprint density at radius 3 is 3.00 bits per heavy atom. The van der Waals surface area contributed by atoms with Crippen molar-refractivity contribution in [3.05, 3.63) is 35.4 Å². The van der Waals surface area contributed by atoms with E-state index in [4.69, 9.17) is 4.74 Å². The van der Waals surface area contributed by atoms with Crippen molar-refractivity contribution in [1.82, 2.24) is 24.5 Å². The number of fused-ring (bicyclic) bond motifs is 1. The highest BCUT2D eigenvalue weighted by atomic mass is 16.5. The van der Waals surface area contributed by atoms with Crippen LogP contribution in [0.2, 0.25) is 0 Å². The topological polar surface area (TPSA) is 65.2 Å². The van der Waals surface area contributed by atoms with Crippen LogP contribution < -0.4 is 0 Å². The van der Waals surface area contributed by atoms with Crippen LogP contribution >= 0.6 is 0 Å². The number of hydrogen-bond donors (Lipinski definition) is 0. The highest BCUT2D eigenvalue weighted by molar-refractivity contribution is 5.92.